The summed E-state index contributed by atoms with van der Waals surface area (Å²) < 4.78 is 0. The number of amides is 2. The van der Waals surface area contributed by atoms with E-state index in [1.54, 1.807) is 11.8 Å². The maximum Gasteiger partial charge on any atom is 0.303 e. The lowest BCUT2D eigenvalue weighted by Crippen LogP contribution is -2.40. The van der Waals surface area contributed by atoms with Crippen molar-refractivity contribution in [3.63, 3.8) is 0 Å². The van der Waals surface area contributed by atoms with Crippen molar-refractivity contribution in [1.82, 2.24) is 10.2 Å². The smallest absolute Gasteiger partial charge is 0.303 e. The van der Waals surface area contributed by atoms with Crippen LogP contribution in [0.3, 0.4) is 0 Å². The summed E-state index contributed by atoms with van der Waals surface area (Å²) in [6, 6.07) is 0. The van der Waals surface area contributed by atoms with Gasteiger partial charge in [-0.1, -0.05) is 6.92 Å². The minimum atomic E-state index is -0.922. The summed E-state index contributed by atoms with van der Waals surface area (Å²) in [5, 5.41) is 11.1. The fourth-order valence-electron chi connectivity index (χ4n) is 1.62. The van der Waals surface area contributed by atoms with Gasteiger partial charge < -0.3 is 15.3 Å². The first kappa shape index (κ1) is 16.4. The molecule has 1 atom stereocenters. The highest BCUT2D eigenvalue weighted by atomic mass is 16.4. The van der Waals surface area contributed by atoms with E-state index >= 15 is 0 Å². The molecule has 104 valence electrons. The number of hydrogen-bond acceptors (Lipinski definition) is 3. The Morgan fingerprint density at radius 2 is 1.72 bits per heavy atom. The van der Waals surface area contributed by atoms with E-state index in [4.69, 9.17) is 5.11 Å². The number of nitrogens with one attached hydrogen (secondary N) is 1. The van der Waals surface area contributed by atoms with E-state index in [-0.39, 0.29) is 37.1 Å². The Bertz CT molecular complexity index is 300. The first-order chi connectivity index (χ1) is 8.40. The summed E-state index contributed by atoms with van der Waals surface area (Å²) in [6.07, 6.45) is 0.0786. The zero-order valence-corrected chi connectivity index (χ0v) is 11.2. The third-order valence-electron chi connectivity index (χ3n) is 2.61. The quantitative estimate of drug-likeness (QED) is 0.662. The monoisotopic (exact) mass is 258 g/mol. The third kappa shape index (κ3) is 6.88. The third-order valence-corrected chi connectivity index (χ3v) is 2.61. The van der Waals surface area contributed by atoms with Gasteiger partial charge in [0.05, 0.1) is 6.54 Å². The number of hydrogen-bond donors (Lipinski definition) is 2. The molecule has 6 heteroatoms. The van der Waals surface area contributed by atoms with Gasteiger partial charge in [0, 0.05) is 25.9 Å². The molecule has 18 heavy (non-hydrogen) atoms. The summed E-state index contributed by atoms with van der Waals surface area (Å²) in [7, 11) is 0. The van der Waals surface area contributed by atoms with Crippen molar-refractivity contribution in [3.05, 3.63) is 0 Å². The van der Waals surface area contributed by atoms with Crippen LogP contribution in [0.25, 0.3) is 0 Å². The van der Waals surface area contributed by atoms with Crippen LogP contribution >= 0.6 is 0 Å². The molecule has 6 nitrogen and oxygen atoms in total. The van der Waals surface area contributed by atoms with Gasteiger partial charge in [0.25, 0.3) is 0 Å². The van der Waals surface area contributed by atoms with Crippen molar-refractivity contribution in [2.24, 2.45) is 5.92 Å². The standard InChI is InChI=1S/C12H22N2O4/c1-4-14(5-2)11(16)8-13-10(15)6-9(3)7-12(17)18/h9H,4-8H2,1-3H3,(H,13,15)(H,17,18). The molecule has 0 bridgehead atoms. The Hall–Kier alpha value is -1.59. The van der Waals surface area contributed by atoms with Crippen molar-refractivity contribution < 1.29 is 19.5 Å². The predicted molar refractivity (Wildman–Crippen MR) is 67.0 cm³/mol. The maximum absolute atomic E-state index is 11.6. The number of aliphatic carboxylic acids is 1. The molecule has 0 heterocycles. The average Bonchev–Trinajstić information content (AvgIpc) is 2.26. The molecule has 2 N–H and O–H groups in total. The van der Waals surface area contributed by atoms with Gasteiger partial charge in [0.2, 0.25) is 11.8 Å². The van der Waals surface area contributed by atoms with E-state index in [0.29, 0.717) is 13.1 Å². The van der Waals surface area contributed by atoms with Gasteiger partial charge in [-0.2, -0.15) is 0 Å². The number of carbonyl (C=O) groups excluding carboxylic acids is 2. The van der Waals surface area contributed by atoms with Crippen LogP contribution in [-0.4, -0.2) is 47.4 Å². The molecular weight excluding hydrogens is 236 g/mol. The van der Waals surface area contributed by atoms with Gasteiger partial charge in [0.15, 0.2) is 0 Å². The van der Waals surface area contributed by atoms with Gasteiger partial charge in [0.1, 0.15) is 0 Å². The topological polar surface area (TPSA) is 86.7 Å². The summed E-state index contributed by atoms with van der Waals surface area (Å²) >= 11 is 0. The predicted octanol–water partition coefficient (Wildman–Crippen LogP) is 0.472. The second-order valence-corrected chi connectivity index (χ2v) is 4.25. The molecule has 0 rings (SSSR count). The zero-order valence-electron chi connectivity index (χ0n) is 11.2. The molecule has 0 saturated heterocycles. The number of carbonyl (C=O) groups is 3. The van der Waals surface area contributed by atoms with Crippen LogP contribution in [-0.2, 0) is 14.4 Å². The van der Waals surface area contributed by atoms with Crippen LogP contribution < -0.4 is 5.32 Å². The Labute approximate surface area is 107 Å². The van der Waals surface area contributed by atoms with Crippen molar-refractivity contribution >= 4 is 17.8 Å². The fraction of sp³-hybridized carbons (Fsp3) is 0.750. The van der Waals surface area contributed by atoms with Crippen molar-refractivity contribution in [2.45, 2.75) is 33.6 Å². The number of rotatable bonds is 8. The number of likely N-dealkylation sites (N-methyl/N-ethyl adjacent to an activating group) is 1. The molecule has 0 aromatic rings. The van der Waals surface area contributed by atoms with Crippen LogP contribution in [0.2, 0.25) is 0 Å². The lowest BCUT2D eigenvalue weighted by atomic mass is 10.0. The number of nitrogens with zero attached hydrogens (tertiary/aromatic N) is 1. The molecule has 0 fully saturated rings. The van der Waals surface area contributed by atoms with Crippen molar-refractivity contribution in [3.8, 4) is 0 Å². The maximum atomic E-state index is 11.6. The molecule has 0 aliphatic carbocycles. The highest BCUT2D eigenvalue weighted by molar-refractivity contribution is 5.85. The molecule has 0 saturated carbocycles. The molecule has 0 radical (unpaired) electrons. The van der Waals surface area contributed by atoms with Crippen LogP contribution in [0.5, 0.6) is 0 Å². The Kier molecular flexibility index (Phi) is 7.74. The Morgan fingerprint density at radius 3 is 2.17 bits per heavy atom. The van der Waals surface area contributed by atoms with Gasteiger partial charge in [-0.15, -0.1) is 0 Å². The van der Waals surface area contributed by atoms with E-state index < -0.39 is 5.97 Å². The molecule has 2 amide bonds. The first-order valence-electron chi connectivity index (χ1n) is 6.16. The summed E-state index contributed by atoms with van der Waals surface area (Å²) in [5.74, 6) is -1.57. The summed E-state index contributed by atoms with van der Waals surface area (Å²) in [4.78, 5) is 35.1. The van der Waals surface area contributed by atoms with E-state index in [1.807, 2.05) is 13.8 Å². The van der Waals surface area contributed by atoms with Gasteiger partial charge >= 0.3 is 5.97 Å². The molecule has 0 aromatic heterocycles. The lowest BCUT2D eigenvalue weighted by Gasteiger charge is -2.19. The number of carboxylic acid groups (broad SMARTS) is 1. The normalized spacial score (nSPS) is 11.7. The van der Waals surface area contributed by atoms with Crippen LogP contribution in [0.15, 0.2) is 0 Å². The van der Waals surface area contributed by atoms with Crippen molar-refractivity contribution in [2.75, 3.05) is 19.6 Å². The van der Waals surface area contributed by atoms with Crippen LogP contribution in [0, 0.1) is 5.92 Å². The summed E-state index contributed by atoms with van der Waals surface area (Å²) in [5.41, 5.74) is 0. The van der Waals surface area contributed by atoms with Crippen LogP contribution in [0.4, 0.5) is 0 Å². The van der Waals surface area contributed by atoms with Gasteiger partial charge in [-0.05, 0) is 19.8 Å². The van der Waals surface area contributed by atoms with Crippen LogP contribution in [0.1, 0.15) is 33.6 Å². The fourth-order valence-corrected chi connectivity index (χ4v) is 1.62. The summed E-state index contributed by atoms with van der Waals surface area (Å²) in [6.45, 7) is 6.64. The second-order valence-electron chi connectivity index (χ2n) is 4.25. The molecule has 0 aromatic carbocycles. The largest absolute Gasteiger partial charge is 0.481 e. The van der Waals surface area contributed by atoms with E-state index in [2.05, 4.69) is 5.32 Å². The molecule has 0 aliphatic rings. The molecule has 0 spiro atoms. The van der Waals surface area contributed by atoms with E-state index in [9.17, 15) is 14.4 Å². The van der Waals surface area contributed by atoms with Crippen molar-refractivity contribution in [1.29, 1.82) is 0 Å². The number of carboxylic acids is 1. The van der Waals surface area contributed by atoms with Gasteiger partial charge in [-0.3, -0.25) is 14.4 Å². The van der Waals surface area contributed by atoms with E-state index in [0.717, 1.165) is 0 Å². The highest BCUT2D eigenvalue weighted by Crippen LogP contribution is 2.06. The average molecular weight is 258 g/mol. The van der Waals surface area contributed by atoms with E-state index in [1.165, 1.54) is 0 Å². The Balaban J connectivity index is 3.96. The van der Waals surface area contributed by atoms with Gasteiger partial charge in [-0.25, -0.2) is 0 Å². The molecule has 1 unspecified atom stereocenters. The zero-order chi connectivity index (χ0) is 14.1. The second kappa shape index (κ2) is 8.49. The minimum Gasteiger partial charge on any atom is -0.481 e. The highest BCUT2D eigenvalue weighted by Gasteiger charge is 2.14. The lowest BCUT2D eigenvalue weighted by molar-refractivity contribution is -0.138. The molecule has 0 aliphatic heterocycles. The minimum absolute atomic E-state index is 0.0275. The molecular formula is C12H22N2O4. The first-order valence-corrected chi connectivity index (χ1v) is 6.16. The SMILES string of the molecule is CCN(CC)C(=O)CNC(=O)CC(C)CC(=O)O. The Morgan fingerprint density at radius 1 is 1.17 bits per heavy atom.